The van der Waals surface area contributed by atoms with Gasteiger partial charge < -0.3 is 19.5 Å². The molecule has 2 amide bonds. The number of H-pyrrole nitrogens is 1. The average molecular weight is 401 g/mol. The summed E-state index contributed by atoms with van der Waals surface area (Å²) in [5.41, 5.74) is 5.41. The Labute approximate surface area is 174 Å². The number of benzene rings is 2. The first-order chi connectivity index (χ1) is 14.6. The summed E-state index contributed by atoms with van der Waals surface area (Å²) in [7, 11) is 1.80. The third-order valence-corrected chi connectivity index (χ3v) is 6.77. The van der Waals surface area contributed by atoms with Crippen molar-refractivity contribution < 1.29 is 14.3 Å². The maximum absolute atomic E-state index is 13.3. The van der Waals surface area contributed by atoms with Gasteiger partial charge in [-0.3, -0.25) is 9.59 Å². The van der Waals surface area contributed by atoms with Crippen LogP contribution >= 0.6 is 0 Å². The van der Waals surface area contributed by atoms with E-state index in [2.05, 4.69) is 23.2 Å². The van der Waals surface area contributed by atoms with Crippen LogP contribution < -0.4 is 4.74 Å². The molecule has 1 saturated heterocycles. The van der Waals surface area contributed by atoms with Gasteiger partial charge in [-0.2, -0.15) is 0 Å². The Hall–Kier alpha value is -3.28. The van der Waals surface area contributed by atoms with E-state index in [1.807, 2.05) is 29.2 Å². The number of fused-ring (bicyclic) bond motifs is 5. The molecule has 2 unspecified atom stereocenters. The van der Waals surface area contributed by atoms with E-state index in [0.29, 0.717) is 26.0 Å². The van der Waals surface area contributed by atoms with Crippen LogP contribution in [0.5, 0.6) is 5.75 Å². The Balaban J connectivity index is 1.59. The van der Waals surface area contributed by atoms with Gasteiger partial charge in [0.1, 0.15) is 11.8 Å². The molecule has 3 aliphatic heterocycles. The van der Waals surface area contributed by atoms with Gasteiger partial charge in [0.05, 0.1) is 12.6 Å². The second kappa shape index (κ2) is 6.36. The third-order valence-electron chi connectivity index (χ3n) is 6.77. The molecule has 6 nitrogen and oxygen atoms in total. The second-order valence-electron chi connectivity index (χ2n) is 8.46. The molecule has 0 bridgehead atoms. The molecule has 3 aliphatic rings. The van der Waals surface area contributed by atoms with Crippen LogP contribution in [-0.4, -0.2) is 52.8 Å². The minimum Gasteiger partial charge on any atom is -0.493 e. The van der Waals surface area contributed by atoms with Gasteiger partial charge in [-0.25, -0.2) is 0 Å². The SMILES string of the molecule is CN1CCC(=O)N2C(Cc3c([nH]c4ccccc34)C2c2ccc3c(c2)CCO3)C1=O. The van der Waals surface area contributed by atoms with E-state index in [0.717, 1.165) is 45.5 Å². The van der Waals surface area contributed by atoms with Gasteiger partial charge in [-0.1, -0.05) is 24.3 Å². The summed E-state index contributed by atoms with van der Waals surface area (Å²) in [6.45, 7) is 1.15. The van der Waals surface area contributed by atoms with Crippen LogP contribution in [0.3, 0.4) is 0 Å². The molecule has 6 heteroatoms. The van der Waals surface area contributed by atoms with Gasteiger partial charge in [0.2, 0.25) is 11.8 Å². The number of ether oxygens (including phenoxy) is 1. The maximum atomic E-state index is 13.3. The van der Waals surface area contributed by atoms with Gasteiger partial charge >= 0.3 is 0 Å². The number of carbonyl (C=O) groups excluding carboxylic acids is 2. The van der Waals surface area contributed by atoms with Crippen LogP contribution in [-0.2, 0) is 22.4 Å². The second-order valence-corrected chi connectivity index (χ2v) is 8.46. The maximum Gasteiger partial charge on any atom is 0.245 e. The first-order valence-corrected chi connectivity index (χ1v) is 10.5. The van der Waals surface area contributed by atoms with Gasteiger partial charge in [0.15, 0.2) is 0 Å². The summed E-state index contributed by atoms with van der Waals surface area (Å²) in [6.07, 6.45) is 1.76. The van der Waals surface area contributed by atoms with Crippen molar-refractivity contribution in [3.63, 3.8) is 0 Å². The number of rotatable bonds is 1. The molecule has 3 aromatic rings. The Morgan fingerprint density at radius 1 is 1.10 bits per heavy atom. The monoisotopic (exact) mass is 401 g/mol. The molecule has 0 aliphatic carbocycles. The number of hydrogen-bond donors (Lipinski definition) is 1. The first kappa shape index (κ1) is 17.6. The number of aromatic nitrogens is 1. The van der Waals surface area contributed by atoms with E-state index in [-0.39, 0.29) is 17.9 Å². The highest BCUT2D eigenvalue weighted by atomic mass is 16.5. The predicted octanol–water partition coefficient (Wildman–Crippen LogP) is 2.81. The molecular weight excluding hydrogens is 378 g/mol. The largest absolute Gasteiger partial charge is 0.493 e. The van der Waals surface area contributed by atoms with E-state index in [1.54, 1.807) is 11.9 Å². The lowest BCUT2D eigenvalue weighted by atomic mass is 9.87. The fraction of sp³-hybridized carbons (Fsp3) is 0.333. The van der Waals surface area contributed by atoms with Crippen molar-refractivity contribution >= 4 is 22.7 Å². The Bertz CT molecular complexity index is 1200. The molecule has 30 heavy (non-hydrogen) atoms. The van der Waals surface area contributed by atoms with Crippen LogP contribution in [0, 0.1) is 0 Å². The van der Waals surface area contributed by atoms with Crippen molar-refractivity contribution in [1.29, 1.82) is 0 Å². The summed E-state index contributed by atoms with van der Waals surface area (Å²) in [4.78, 5) is 33.7. The van der Waals surface area contributed by atoms with Gasteiger partial charge in [0.25, 0.3) is 0 Å². The van der Waals surface area contributed by atoms with Crippen molar-refractivity contribution in [1.82, 2.24) is 14.8 Å². The summed E-state index contributed by atoms with van der Waals surface area (Å²) < 4.78 is 5.69. The number of nitrogens with zero attached hydrogens (tertiary/aromatic N) is 2. The van der Waals surface area contributed by atoms with Crippen molar-refractivity contribution in [2.45, 2.75) is 31.3 Å². The van der Waals surface area contributed by atoms with Gasteiger partial charge in [0, 0.05) is 49.5 Å². The number of likely N-dealkylation sites (N-methyl/N-ethyl adjacent to an activating group) is 1. The lowest BCUT2D eigenvalue weighted by molar-refractivity contribution is -0.143. The molecule has 152 valence electrons. The molecule has 1 aromatic heterocycles. The molecule has 1 fully saturated rings. The van der Waals surface area contributed by atoms with E-state index < -0.39 is 6.04 Å². The first-order valence-electron chi connectivity index (χ1n) is 10.5. The number of para-hydroxylation sites is 1. The molecule has 0 saturated carbocycles. The Kier molecular flexibility index (Phi) is 3.72. The van der Waals surface area contributed by atoms with Crippen molar-refractivity contribution in [2.75, 3.05) is 20.2 Å². The molecule has 0 radical (unpaired) electrons. The zero-order chi connectivity index (χ0) is 20.4. The third kappa shape index (κ3) is 2.43. The molecule has 0 spiro atoms. The fourth-order valence-electron chi connectivity index (χ4n) is 5.27. The summed E-state index contributed by atoms with van der Waals surface area (Å²) >= 11 is 0. The van der Waals surface area contributed by atoms with Crippen LogP contribution in [0.4, 0.5) is 0 Å². The normalized spacial score (nSPS) is 23.1. The number of hydrogen-bond acceptors (Lipinski definition) is 3. The quantitative estimate of drug-likeness (QED) is 0.682. The molecule has 6 rings (SSSR count). The molecule has 1 N–H and O–H groups in total. The summed E-state index contributed by atoms with van der Waals surface area (Å²) in [6, 6.07) is 13.6. The highest BCUT2D eigenvalue weighted by Crippen LogP contribution is 2.43. The zero-order valence-electron chi connectivity index (χ0n) is 16.9. The highest BCUT2D eigenvalue weighted by Gasteiger charge is 2.45. The molecule has 2 aromatic carbocycles. The minimum absolute atomic E-state index is 0.0197. The van der Waals surface area contributed by atoms with Crippen molar-refractivity contribution in [3.8, 4) is 5.75 Å². The molecular formula is C24H23N3O3. The number of amides is 2. The van der Waals surface area contributed by atoms with Crippen molar-refractivity contribution in [3.05, 3.63) is 64.8 Å². The van der Waals surface area contributed by atoms with E-state index in [4.69, 9.17) is 4.74 Å². The average Bonchev–Trinajstić information content (AvgIpc) is 3.36. The smallest absolute Gasteiger partial charge is 0.245 e. The summed E-state index contributed by atoms with van der Waals surface area (Å²) in [5, 5.41) is 1.13. The number of nitrogens with one attached hydrogen (secondary N) is 1. The lowest BCUT2D eigenvalue weighted by Gasteiger charge is -2.41. The van der Waals surface area contributed by atoms with E-state index >= 15 is 0 Å². The standard InChI is InChI=1S/C24H23N3O3/c1-26-10-8-21(28)27-19(24(26)29)13-17-16-4-2-3-5-18(16)25-22(17)23(27)15-6-7-20-14(12-15)9-11-30-20/h2-7,12,19,23,25H,8-11,13H2,1H3. The van der Waals surface area contributed by atoms with E-state index in [9.17, 15) is 9.59 Å². The van der Waals surface area contributed by atoms with Gasteiger partial charge in [-0.05, 0) is 34.9 Å². The lowest BCUT2D eigenvalue weighted by Crippen LogP contribution is -2.52. The number of aromatic amines is 1. The van der Waals surface area contributed by atoms with Crippen LogP contribution in [0.15, 0.2) is 42.5 Å². The molecule has 2 atom stereocenters. The van der Waals surface area contributed by atoms with Crippen LogP contribution in [0.1, 0.15) is 34.8 Å². The van der Waals surface area contributed by atoms with Gasteiger partial charge in [-0.15, -0.1) is 0 Å². The Morgan fingerprint density at radius 3 is 2.87 bits per heavy atom. The predicted molar refractivity (Wildman–Crippen MR) is 112 cm³/mol. The van der Waals surface area contributed by atoms with Crippen LogP contribution in [0.25, 0.3) is 10.9 Å². The summed E-state index contributed by atoms with van der Waals surface area (Å²) in [5.74, 6) is 0.969. The Morgan fingerprint density at radius 2 is 1.97 bits per heavy atom. The number of carbonyl (C=O) groups is 2. The molecule has 4 heterocycles. The van der Waals surface area contributed by atoms with E-state index in [1.165, 1.54) is 0 Å². The minimum atomic E-state index is -0.480. The topological polar surface area (TPSA) is 65.6 Å². The fourth-order valence-corrected chi connectivity index (χ4v) is 5.27. The zero-order valence-corrected chi connectivity index (χ0v) is 16.9. The van der Waals surface area contributed by atoms with Crippen LogP contribution in [0.2, 0.25) is 0 Å². The highest BCUT2D eigenvalue weighted by molar-refractivity contribution is 5.94. The van der Waals surface area contributed by atoms with Crippen molar-refractivity contribution in [2.24, 2.45) is 0 Å².